The van der Waals surface area contributed by atoms with Crippen molar-refractivity contribution in [3.63, 3.8) is 0 Å². The van der Waals surface area contributed by atoms with Crippen molar-refractivity contribution in [2.24, 2.45) is 0 Å². The lowest BCUT2D eigenvalue weighted by molar-refractivity contribution is -0.124. The van der Waals surface area contributed by atoms with Gasteiger partial charge in [0, 0.05) is 31.7 Å². The molecule has 7 nitrogen and oxygen atoms in total. The molecule has 0 spiro atoms. The number of nitrogens with one attached hydrogen (secondary N) is 1. The summed E-state index contributed by atoms with van der Waals surface area (Å²) in [6, 6.07) is 9.47. The number of piperazine rings is 1. The molecule has 7 heteroatoms. The summed E-state index contributed by atoms with van der Waals surface area (Å²) in [4.78, 5) is 29.0. The maximum Gasteiger partial charge on any atom is 0.254 e. The highest BCUT2D eigenvalue weighted by atomic mass is 16.5. The Morgan fingerprint density at radius 3 is 2.54 bits per heavy atom. The highest BCUT2D eigenvalue weighted by molar-refractivity contribution is 5.94. The SMILES string of the molecule is COc1cccc(C(=O)N2CCN(CC(=O)NC3(C#N)CCCCC3)CC2)c1. The van der Waals surface area contributed by atoms with Gasteiger partial charge in [-0.15, -0.1) is 0 Å². The molecule has 0 unspecified atom stereocenters. The molecule has 1 aliphatic carbocycles. The Hall–Kier alpha value is -2.59. The Bertz CT molecular complexity index is 744. The third-order valence-electron chi connectivity index (χ3n) is 5.64. The molecule has 1 aliphatic heterocycles. The number of hydrogen-bond acceptors (Lipinski definition) is 5. The van der Waals surface area contributed by atoms with E-state index in [0.717, 1.165) is 32.1 Å². The summed E-state index contributed by atoms with van der Waals surface area (Å²) >= 11 is 0. The molecule has 1 N–H and O–H groups in total. The van der Waals surface area contributed by atoms with E-state index in [1.165, 1.54) is 0 Å². The molecule has 2 fully saturated rings. The van der Waals surface area contributed by atoms with E-state index in [2.05, 4.69) is 11.4 Å². The van der Waals surface area contributed by atoms with Crippen molar-refractivity contribution in [1.29, 1.82) is 5.26 Å². The van der Waals surface area contributed by atoms with Crippen molar-refractivity contribution in [2.75, 3.05) is 39.8 Å². The lowest BCUT2D eigenvalue weighted by Crippen LogP contribution is -2.55. The van der Waals surface area contributed by atoms with Gasteiger partial charge in [0.2, 0.25) is 5.91 Å². The normalized spacial score (nSPS) is 19.5. The third-order valence-corrected chi connectivity index (χ3v) is 5.64. The first-order chi connectivity index (χ1) is 13.5. The highest BCUT2D eigenvalue weighted by Crippen LogP contribution is 2.27. The van der Waals surface area contributed by atoms with E-state index in [0.29, 0.717) is 37.5 Å². The molecular formula is C21H28N4O3. The molecule has 0 bridgehead atoms. The van der Waals surface area contributed by atoms with Crippen LogP contribution in [-0.2, 0) is 4.79 Å². The quantitative estimate of drug-likeness (QED) is 0.837. The van der Waals surface area contributed by atoms with E-state index in [-0.39, 0.29) is 18.4 Å². The van der Waals surface area contributed by atoms with Crippen LogP contribution in [0, 0.1) is 11.3 Å². The average molecular weight is 384 g/mol. The van der Waals surface area contributed by atoms with Gasteiger partial charge in [0.1, 0.15) is 11.3 Å². The molecule has 28 heavy (non-hydrogen) atoms. The van der Waals surface area contributed by atoms with Crippen LogP contribution in [-0.4, -0.2) is 67.0 Å². The number of carbonyl (C=O) groups excluding carboxylic acids is 2. The summed E-state index contributed by atoms with van der Waals surface area (Å²) in [6.45, 7) is 2.70. The Labute approximate surface area is 166 Å². The zero-order valence-electron chi connectivity index (χ0n) is 16.4. The first-order valence-corrected chi connectivity index (χ1v) is 9.93. The molecule has 1 heterocycles. The average Bonchev–Trinajstić information content (AvgIpc) is 2.74. The molecule has 3 rings (SSSR count). The molecule has 0 aromatic heterocycles. The number of ether oxygens (including phenoxy) is 1. The van der Waals surface area contributed by atoms with Gasteiger partial charge in [-0.2, -0.15) is 5.26 Å². The van der Waals surface area contributed by atoms with Crippen LogP contribution in [0.2, 0.25) is 0 Å². The van der Waals surface area contributed by atoms with E-state index in [1.807, 2.05) is 17.0 Å². The molecule has 150 valence electrons. The summed E-state index contributed by atoms with van der Waals surface area (Å²) in [7, 11) is 1.58. The van der Waals surface area contributed by atoms with Crippen LogP contribution < -0.4 is 10.1 Å². The van der Waals surface area contributed by atoms with E-state index >= 15 is 0 Å². The second-order valence-corrected chi connectivity index (χ2v) is 7.60. The summed E-state index contributed by atoms with van der Waals surface area (Å²) in [5, 5.41) is 12.5. The number of benzene rings is 1. The lowest BCUT2D eigenvalue weighted by atomic mass is 9.83. The van der Waals surface area contributed by atoms with E-state index in [9.17, 15) is 14.9 Å². The number of methoxy groups -OCH3 is 1. The maximum absolute atomic E-state index is 12.7. The fourth-order valence-electron chi connectivity index (χ4n) is 3.98. The van der Waals surface area contributed by atoms with Gasteiger partial charge in [0.25, 0.3) is 5.91 Å². The lowest BCUT2D eigenvalue weighted by Gasteiger charge is -2.36. The van der Waals surface area contributed by atoms with Crippen molar-refractivity contribution in [3.05, 3.63) is 29.8 Å². The predicted octanol–water partition coefficient (Wildman–Crippen LogP) is 1.80. The fraction of sp³-hybridized carbons (Fsp3) is 0.571. The number of rotatable bonds is 5. The van der Waals surface area contributed by atoms with Crippen LogP contribution in [0.4, 0.5) is 0 Å². The summed E-state index contributed by atoms with van der Waals surface area (Å²) in [5.41, 5.74) is -0.0850. The summed E-state index contributed by atoms with van der Waals surface area (Å²) in [6.07, 6.45) is 4.57. The van der Waals surface area contributed by atoms with Crippen molar-refractivity contribution < 1.29 is 14.3 Å². The monoisotopic (exact) mass is 384 g/mol. The Morgan fingerprint density at radius 1 is 1.18 bits per heavy atom. The van der Waals surface area contributed by atoms with Gasteiger partial charge < -0.3 is 15.0 Å². The zero-order valence-corrected chi connectivity index (χ0v) is 16.4. The third kappa shape index (κ3) is 4.82. The van der Waals surface area contributed by atoms with Crippen LogP contribution in [0.15, 0.2) is 24.3 Å². The van der Waals surface area contributed by atoms with Gasteiger partial charge >= 0.3 is 0 Å². The summed E-state index contributed by atoms with van der Waals surface area (Å²) < 4.78 is 5.19. The van der Waals surface area contributed by atoms with Crippen LogP contribution in [0.3, 0.4) is 0 Å². The van der Waals surface area contributed by atoms with Crippen LogP contribution in [0.25, 0.3) is 0 Å². The van der Waals surface area contributed by atoms with Crippen molar-refractivity contribution >= 4 is 11.8 Å². The smallest absolute Gasteiger partial charge is 0.254 e. The Kier molecular flexibility index (Phi) is 6.53. The highest BCUT2D eigenvalue weighted by Gasteiger charge is 2.34. The molecule has 2 aliphatic rings. The number of hydrogen-bond donors (Lipinski definition) is 1. The first kappa shape index (κ1) is 20.2. The van der Waals surface area contributed by atoms with E-state index in [1.54, 1.807) is 24.1 Å². The first-order valence-electron chi connectivity index (χ1n) is 9.93. The number of carbonyl (C=O) groups is 2. The van der Waals surface area contributed by atoms with Crippen molar-refractivity contribution in [2.45, 2.75) is 37.6 Å². The maximum atomic E-state index is 12.7. The minimum absolute atomic E-state index is 0.0198. The number of nitriles is 1. The van der Waals surface area contributed by atoms with Crippen LogP contribution in [0.1, 0.15) is 42.5 Å². The van der Waals surface area contributed by atoms with Crippen LogP contribution >= 0.6 is 0 Å². The standard InChI is InChI=1S/C21H28N4O3/c1-28-18-7-5-6-17(14-18)20(27)25-12-10-24(11-13-25)15-19(26)23-21(16-22)8-3-2-4-9-21/h5-7,14H,2-4,8-13,15H2,1H3,(H,23,26). The van der Waals surface area contributed by atoms with Gasteiger partial charge in [-0.3, -0.25) is 14.5 Å². The molecule has 0 atom stereocenters. The largest absolute Gasteiger partial charge is 0.497 e. The van der Waals surface area contributed by atoms with Gasteiger partial charge in [-0.25, -0.2) is 0 Å². The van der Waals surface area contributed by atoms with Gasteiger partial charge in [0.15, 0.2) is 0 Å². The zero-order chi connectivity index (χ0) is 20.0. The van der Waals surface area contributed by atoms with Crippen molar-refractivity contribution in [1.82, 2.24) is 15.1 Å². The van der Waals surface area contributed by atoms with Gasteiger partial charge in [0.05, 0.1) is 19.7 Å². The Morgan fingerprint density at radius 2 is 1.89 bits per heavy atom. The predicted molar refractivity (Wildman–Crippen MR) is 105 cm³/mol. The molecule has 1 saturated heterocycles. The summed E-state index contributed by atoms with van der Waals surface area (Å²) in [5.74, 6) is 0.542. The molecule has 1 aromatic carbocycles. The molecule has 0 radical (unpaired) electrons. The fourth-order valence-corrected chi connectivity index (χ4v) is 3.98. The minimum Gasteiger partial charge on any atom is -0.497 e. The molecule has 1 aromatic rings. The molecule has 2 amide bonds. The van der Waals surface area contributed by atoms with Crippen molar-refractivity contribution in [3.8, 4) is 11.8 Å². The molecular weight excluding hydrogens is 356 g/mol. The second kappa shape index (κ2) is 9.07. The second-order valence-electron chi connectivity index (χ2n) is 7.60. The Balaban J connectivity index is 1.49. The minimum atomic E-state index is -0.695. The van der Waals surface area contributed by atoms with Gasteiger partial charge in [-0.1, -0.05) is 25.3 Å². The topological polar surface area (TPSA) is 85.7 Å². The van der Waals surface area contributed by atoms with E-state index < -0.39 is 5.54 Å². The van der Waals surface area contributed by atoms with Crippen LogP contribution in [0.5, 0.6) is 5.75 Å². The molecule has 1 saturated carbocycles. The number of amides is 2. The number of nitrogens with zero attached hydrogens (tertiary/aromatic N) is 3. The van der Waals surface area contributed by atoms with Gasteiger partial charge in [-0.05, 0) is 31.0 Å². The van der Waals surface area contributed by atoms with E-state index in [4.69, 9.17) is 4.74 Å².